The maximum atomic E-state index is 14.3. The SMILES string of the molecule is CC(C)(C)c1cc([PH+](c2ccccc2)c2cc(C(C)(C)C)cc(C(C)(C)C)c2[O-])c([O-])c(C(C)(C)C)c1.CC(C)(C)c1cc([PH+](c2ccccc2)c2cc(C(C)(C)C)cc(C(C)(C)C)c2[O-])c([O-])c(C(C)(C)C)c1.[Hf+4].[OH3+]. The van der Waals surface area contributed by atoms with E-state index in [0.717, 1.165) is 76.3 Å². The summed E-state index contributed by atoms with van der Waals surface area (Å²) < 4.78 is 0. The Labute approximate surface area is 482 Å². The zero-order chi connectivity index (χ0) is 56.3. The second kappa shape index (κ2) is 23.5. The first-order chi connectivity index (χ1) is 33.5. The van der Waals surface area contributed by atoms with Crippen molar-refractivity contribution >= 4 is 47.7 Å². The van der Waals surface area contributed by atoms with Crippen molar-refractivity contribution in [3.05, 3.63) is 154 Å². The van der Waals surface area contributed by atoms with Crippen molar-refractivity contribution in [2.45, 2.75) is 209 Å². The Kier molecular flexibility index (Phi) is 20.6. The van der Waals surface area contributed by atoms with Gasteiger partial charge in [0.2, 0.25) is 0 Å². The predicted octanol–water partition coefficient (Wildman–Crippen LogP) is 12.1. The molecule has 0 radical (unpaired) electrons. The molecule has 6 rings (SSSR count). The van der Waals surface area contributed by atoms with E-state index in [1.54, 1.807) is 0 Å². The molecule has 6 aromatic carbocycles. The molecular weight excluding hydrogens is 1140 g/mol. The van der Waals surface area contributed by atoms with Gasteiger partial charge in [-0.1, -0.05) is 250 Å². The molecule has 3 N–H and O–H groups in total. The molecule has 0 atom stereocenters. The molecule has 8 heteroatoms. The van der Waals surface area contributed by atoms with Crippen LogP contribution >= 0.6 is 15.8 Å². The fraction of sp³-hybridized carbons (Fsp3) is 0.471. The largest absolute Gasteiger partial charge is 4.00 e. The van der Waals surface area contributed by atoms with Crippen LogP contribution in [0, 0.1) is 0 Å². The van der Waals surface area contributed by atoms with Crippen LogP contribution in [0.4, 0.5) is 0 Å². The average molecular weight is 1230 g/mol. The minimum absolute atomic E-state index is 0. The summed E-state index contributed by atoms with van der Waals surface area (Å²) in [5.41, 5.74) is 6.12. The molecule has 0 spiro atoms. The van der Waals surface area contributed by atoms with E-state index >= 15 is 0 Å². The summed E-state index contributed by atoms with van der Waals surface area (Å²) in [6.07, 6.45) is 0. The maximum Gasteiger partial charge on any atom is 4.00 e. The Morgan fingerprint density at radius 2 is 0.434 bits per heavy atom. The Bertz CT molecular complexity index is 2570. The van der Waals surface area contributed by atoms with E-state index in [-0.39, 0.29) is 97.6 Å². The van der Waals surface area contributed by atoms with Crippen LogP contribution in [0.5, 0.6) is 23.0 Å². The third kappa shape index (κ3) is 15.3. The normalized spacial score (nSPS) is 13.0. The van der Waals surface area contributed by atoms with Gasteiger partial charge in [0.25, 0.3) is 0 Å². The van der Waals surface area contributed by atoms with Gasteiger partial charge in [-0.3, -0.25) is 0 Å². The van der Waals surface area contributed by atoms with E-state index < -0.39 is 15.8 Å². The van der Waals surface area contributed by atoms with Crippen LogP contribution in [-0.2, 0) is 74.6 Å². The molecule has 408 valence electrons. The standard InChI is InChI=1S/2C34H47O2P.Hf.H2O/c2*1-31(2,3)22-18-25(33(7,8)9)29(35)27(20-22)37(24-16-14-13-15-17-24)28-21-23(32(4,5)6)19-26(30(28)36)34(10,11)12;;/h2*13-21,35-36H,1-12H3;;1H2/q;;+4;/p-1. The summed E-state index contributed by atoms with van der Waals surface area (Å²) in [6.45, 7) is 51.5. The molecule has 0 aliphatic rings. The molecule has 0 saturated heterocycles. The molecule has 6 aromatic rings. The third-order valence-corrected chi connectivity index (χ3v) is 19.7. The van der Waals surface area contributed by atoms with Crippen molar-refractivity contribution in [1.82, 2.24) is 0 Å². The summed E-state index contributed by atoms with van der Waals surface area (Å²) in [5, 5.41) is 62.4. The van der Waals surface area contributed by atoms with Gasteiger partial charge in [-0.15, -0.1) is 0 Å². The van der Waals surface area contributed by atoms with Gasteiger partial charge in [-0.05, 0) is 136 Å². The van der Waals surface area contributed by atoms with Crippen LogP contribution in [0.25, 0.3) is 0 Å². The smallest absolute Gasteiger partial charge is 0.870 e. The fourth-order valence-corrected chi connectivity index (χ4v) is 14.9. The van der Waals surface area contributed by atoms with Gasteiger partial charge in [-0.2, -0.15) is 0 Å². The van der Waals surface area contributed by atoms with Crippen molar-refractivity contribution in [3.63, 3.8) is 0 Å². The van der Waals surface area contributed by atoms with E-state index in [9.17, 15) is 20.4 Å². The number of hydrogen-bond acceptors (Lipinski definition) is 4. The molecule has 0 saturated carbocycles. The molecule has 76 heavy (non-hydrogen) atoms. The summed E-state index contributed by atoms with van der Waals surface area (Å²) in [6, 6.07) is 37.3. The topological polar surface area (TPSA) is 125 Å². The van der Waals surface area contributed by atoms with Gasteiger partial charge in [0, 0.05) is 0 Å². The molecule has 0 fully saturated rings. The first kappa shape index (κ1) is 66.5. The Morgan fingerprint density at radius 3 is 0.579 bits per heavy atom. The van der Waals surface area contributed by atoms with Gasteiger partial charge in [0.15, 0.2) is 0 Å². The van der Waals surface area contributed by atoms with Crippen molar-refractivity contribution in [3.8, 4) is 23.0 Å². The monoisotopic (exact) mass is 1230 g/mol. The van der Waals surface area contributed by atoms with Crippen molar-refractivity contribution in [2.75, 3.05) is 0 Å². The average Bonchev–Trinajstić information content (AvgIpc) is 3.23. The van der Waals surface area contributed by atoms with E-state index in [1.165, 1.54) is 0 Å². The molecule has 0 amide bonds. The first-order valence-electron chi connectivity index (χ1n) is 26.8. The van der Waals surface area contributed by atoms with Crippen LogP contribution < -0.4 is 52.3 Å². The van der Waals surface area contributed by atoms with E-state index in [2.05, 4.69) is 239 Å². The van der Waals surface area contributed by atoms with E-state index in [4.69, 9.17) is 0 Å². The molecule has 0 aliphatic carbocycles. The summed E-state index contributed by atoms with van der Waals surface area (Å²) in [5.74, 6) is 0.319. The van der Waals surface area contributed by atoms with Gasteiger partial charge >= 0.3 is 25.8 Å². The van der Waals surface area contributed by atoms with Crippen molar-refractivity contribution < 1.29 is 51.7 Å². The minimum Gasteiger partial charge on any atom is -0.870 e. The van der Waals surface area contributed by atoms with Crippen LogP contribution in [0.2, 0.25) is 0 Å². The van der Waals surface area contributed by atoms with E-state index in [0.29, 0.717) is 0 Å². The van der Waals surface area contributed by atoms with Gasteiger partial charge in [0.1, 0.15) is 10.6 Å². The Morgan fingerprint density at radius 1 is 0.263 bits per heavy atom. The van der Waals surface area contributed by atoms with Crippen LogP contribution in [0.15, 0.2) is 109 Å². The molecule has 5 nitrogen and oxygen atoms in total. The van der Waals surface area contributed by atoms with E-state index in [1.807, 2.05) is 36.4 Å². The molecule has 0 heterocycles. The molecule has 0 unspecified atom stereocenters. The summed E-state index contributed by atoms with van der Waals surface area (Å²) in [7, 11) is -3.78. The quantitative estimate of drug-likeness (QED) is 0.0935. The number of rotatable bonds is 6. The molecular formula is C68H95HfO5P2+3. The van der Waals surface area contributed by atoms with Crippen LogP contribution in [0.3, 0.4) is 0 Å². The zero-order valence-electron chi connectivity index (χ0n) is 51.1. The van der Waals surface area contributed by atoms with Crippen molar-refractivity contribution in [2.24, 2.45) is 0 Å². The van der Waals surface area contributed by atoms with Crippen LogP contribution in [0.1, 0.15) is 211 Å². The minimum atomic E-state index is -1.89. The second-order valence-corrected chi connectivity index (χ2v) is 33.9. The van der Waals surface area contributed by atoms with Crippen LogP contribution in [-0.4, -0.2) is 0 Å². The molecule has 0 bridgehead atoms. The molecule has 0 aliphatic heterocycles. The Hall–Kier alpha value is -3.79. The number of hydrogen-bond donors (Lipinski definition) is 0. The van der Waals surface area contributed by atoms with Crippen molar-refractivity contribution in [1.29, 1.82) is 0 Å². The van der Waals surface area contributed by atoms with Gasteiger partial charge in [-0.25, -0.2) is 0 Å². The Balaban J connectivity index is 0.000000390. The van der Waals surface area contributed by atoms with Gasteiger partial charge in [0.05, 0.1) is 37.1 Å². The first-order valence-corrected chi connectivity index (χ1v) is 29.8. The molecule has 0 aromatic heterocycles. The fourth-order valence-electron chi connectivity index (χ4n) is 9.34. The summed E-state index contributed by atoms with van der Waals surface area (Å²) >= 11 is 0. The van der Waals surface area contributed by atoms with Gasteiger partial charge < -0.3 is 25.9 Å². The second-order valence-electron chi connectivity index (χ2n) is 29.1. The number of benzene rings is 6. The predicted molar refractivity (Wildman–Crippen MR) is 325 cm³/mol. The summed E-state index contributed by atoms with van der Waals surface area (Å²) in [4.78, 5) is 0. The maximum absolute atomic E-state index is 14.3. The third-order valence-electron chi connectivity index (χ3n) is 14.3. The zero-order valence-corrected chi connectivity index (χ0v) is 56.7.